The summed E-state index contributed by atoms with van der Waals surface area (Å²) in [5, 5.41) is 10.7. The van der Waals surface area contributed by atoms with E-state index in [4.69, 9.17) is 4.74 Å². The highest BCUT2D eigenvalue weighted by Gasteiger charge is 2.49. The van der Waals surface area contributed by atoms with Gasteiger partial charge in [0.25, 0.3) is 0 Å². The van der Waals surface area contributed by atoms with Crippen molar-refractivity contribution in [3.05, 3.63) is 18.0 Å². The molecule has 29 heteroatoms. The first-order valence-corrected chi connectivity index (χ1v) is 33.6. The molecule has 0 aromatic carbocycles. The summed E-state index contributed by atoms with van der Waals surface area (Å²) in [4.78, 5) is 178. The Balaban J connectivity index is 2.33. The van der Waals surface area contributed by atoms with E-state index in [1.54, 1.807) is 41.5 Å². The zero-order valence-electron chi connectivity index (χ0n) is 59.5. The van der Waals surface area contributed by atoms with E-state index in [-0.39, 0.29) is 67.4 Å². The number of nitrogens with one attached hydrogen (secondary N) is 4. The van der Waals surface area contributed by atoms with Gasteiger partial charge in [-0.05, 0) is 99.9 Å². The van der Waals surface area contributed by atoms with Crippen molar-refractivity contribution in [1.29, 1.82) is 0 Å². The van der Waals surface area contributed by atoms with Crippen LogP contribution in [0.1, 0.15) is 155 Å². The summed E-state index contributed by atoms with van der Waals surface area (Å²) in [6.45, 7) is 27.1. The average molecular weight is 1350 g/mol. The fraction of sp³-hybridized carbons (Fsp3) is 0.769. The van der Waals surface area contributed by atoms with Gasteiger partial charge in [0.2, 0.25) is 65.0 Å². The second kappa shape index (κ2) is 35.4. The molecule has 532 valence electrons. The number of hydrogen-bond acceptors (Lipinski definition) is 15. The summed E-state index contributed by atoms with van der Waals surface area (Å²) in [5.41, 5.74) is -2.14. The standard InChI is InChI=1S/C65H108F3N13O12S/c1-24-42-59(88)75(17)32-48(82)76(18)43(27-33(2)3)56(85)74-50(37(10)11)62(91)77(19)44(28-34(4)5)55(84)70-40(15)54(83)71-41(16)58(87)78(20)45(29-35(6)7)60(89)79(21)46(30-36(8)9)61(90)80(22)51(38(12)13)63(92)81(23)52(57(86)72-42)53-39(14)31-49(93-53)94-64-69-26-25-47(73-64)65(66,67)68/h25-26,33-46,49-53H,24,27-32H2,1-23H3,(H,70,84)(H,71,83)(H,72,86)(H,74,85)/t39-,40+,41-,42+,43+,44+,45+,46+,49+,50+,51+,52+,53-/m1/s1. The summed E-state index contributed by atoms with van der Waals surface area (Å²) in [7, 11) is 9.72. The van der Waals surface area contributed by atoms with Crippen LogP contribution in [0.2, 0.25) is 0 Å². The van der Waals surface area contributed by atoms with Gasteiger partial charge in [-0.3, -0.25) is 52.7 Å². The minimum Gasteiger partial charge on any atom is -0.361 e. The topological polar surface area (TPSA) is 294 Å². The van der Waals surface area contributed by atoms with Gasteiger partial charge in [0.15, 0.2) is 5.16 Å². The number of carbonyl (C=O) groups is 11. The highest BCUT2D eigenvalue weighted by atomic mass is 32.2. The average Bonchev–Trinajstić information content (AvgIpc) is 1.41. The highest BCUT2D eigenvalue weighted by Crippen LogP contribution is 2.39. The van der Waals surface area contributed by atoms with E-state index in [0.717, 1.165) is 33.8 Å². The largest absolute Gasteiger partial charge is 0.433 e. The number of amides is 11. The third-order valence-corrected chi connectivity index (χ3v) is 18.3. The molecule has 2 aliphatic rings. The fourth-order valence-corrected chi connectivity index (χ4v) is 12.9. The van der Waals surface area contributed by atoms with Crippen LogP contribution in [-0.2, 0) is 63.7 Å². The molecule has 11 amide bonds. The SMILES string of the molecule is CC[C@@H]1NC(=O)[C@H]([C@@H]2O[C@@H](Sc3nccc(C(F)(F)F)n3)C[C@H]2C)N(C)C(=O)[C@H](C(C)C)N(C)C(=O)[C@H](CC(C)C)N(C)C(=O)[C@H](CC(C)C)N(C)C(=O)[C@@H](C)NC(=O)[C@H](C)NC(=O)[C@H](CC(C)C)N(C)C(=O)[C@H](C(C)C)NC(=O)[C@H](CC(C)C)N(C)C(=O)CN(C)C1=O. The first-order chi connectivity index (χ1) is 43.4. The van der Waals surface area contributed by atoms with Crippen LogP contribution in [0.15, 0.2) is 17.4 Å². The molecule has 2 fully saturated rings. The van der Waals surface area contributed by atoms with Gasteiger partial charge in [-0.2, -0.15) is 13.2 Å². The molecular weight excluding hydrogens is 1240 g/mol. The zero-order valence-corrected chi connectivity index (χ0v) is 60.4. The number of alkyl halides is 3. The minimum atomic E-state index is -4.79. The molecule has 94 heavy (non-hydrogen) atoms. The van der Waals surface area contributed by atoms with Crippen molar-refractivity contribution in [2.45, 2.75) is 233 Å². The first kappa shape index (κ1) is 81.6. The van der Waals surface area contributed by atoms with E-state index >= 15 is 19.2 Å². The van der Waals surface area contributed by atoms with Crippen molar-refractivity contribution < 1.29 is 70.6 Å². The van der Waals surface area contributed by atoms with E-state index in [9.17, 15) is 46.7 Å². The van der Waals surface area contributed by atoms with Gasteiger partial charge in [-0.25, -0.2) is 9.97 Å². The van der Waals surface area contributed by atoms with E-state index in [0.29, 0.717) is 0 Å². The van der Waals surface area contributed by atoms with Crippen molar-refractivity contribution in [3.8, 4) is 0 Å². The predicted molar refractivity (Wildman–Crippen MR) is 349 cm³/mol. The number of rotatable bonds is 14. The third-order valence-electron chi connectivity index (χ3n) is 17.3. The molecule has 25 nitrogen and oxygen atoms in total. The van der Waals surface area contributed by atoms with E-state index in [2.05, 4.69) is 31.2 Å². The quantitative estimate of drug-likeness (QED) is 0.184. The molecule has 2 saturated heterocycles. The van der Waals surface area contributed by atoms with Crippen molar-refractivity contribution in [2.75, 3.05) is 55.9 Å². The van der Waals surface area contributed by atoms with Crippen molar-refractivity contribution in [2.24, 2.45) is 41.4 Å². The fourth-order valence-electron chi connectivity index (χ4n) is 11.8. The van der Waals surface area contributed by atoms with Crippen LogP contribution in [0, 0.1) is 41.4 Å². The van der Waals surface area contributed by atoms with Crippen LogP contribution in [-0.4, -0.2) is 237 Å². The second-order valence-corrected chi connectivity index (χ2v) is 29.0. The van der Waals surface area contributed by atoms with Gasteiger partial charge in [-0.1, -0.05) is 109 Å². The molecule has 3 rings (SSSR count). The van der Waals surface area contributed by atoms with Gasteiger partial charge < -0.3 is 60.3 Å². The summed E-state index contributed by atoms with van der Waals surface area (Å²) < 4.78 is 47.9. The van der Waals surface area contributed by atoms with Crippen LogP contribution in [0.4, 0.5) is 13.2 Å². The van der Waals surface area contributed by atoms with Crippen LogP contribution >= 0.6 is 11.8 Å². The van der Waals surface area contributed by atoms with Crippen LogP contribution in [0.5, 0.6) is 0 Å². The minimum absolute atomic E-state index is 0.0444. The molecule has 0 saturated carbocycles. The normalized spacial score (nSPS) is 28.1. The molecule has 2 aliphatic heterocycles. The molecule has 0 spiro atoms. The Bertz CT molecular complexity index is 2830. The Kier molecular flexibility index (Phi) is 30.7. The molecule has 0 unspecified atom stereocenters. The smallest absolute Gasteiger partial charge is 0.361 e. The number of halogens is 3. The Morgan fingerprint density at radius 2 is 1.01 bits per heavy atom. The molecule has 1 aromatic heterocycles. The maximum absolute atomic E-state index is 15.5. The molecule has 3 heterocycles. The summed E-state index contributed by atoms with van der Waals surface area (Å²) in [6, 6.07) is -12.1. The third kappa shape index (κ3) is 21.7. The first-order valence-electron chi connectivity index (χ1n) is 32.7. The molecule has 4 N–H and O–H groups in total. The van der Waals surface area contributed by atoms with Crippen molar-refractivity contribution in [3.63, 3.8) is 0 Å². The van der Waals surface area contributed by atoms with Crippen LogP contribution in [0.3, 0.4) is 0 Å². The van der Waals surface area contributed by atoms with Gasteiger partial charge >= 0.3 is 6.18 Å². The molecular formula is C65H108F3N13O12S. The molecule has 0 bridgehead atoms. The van der Waals surface area contributed by atoms with Crippen molar-refractivity contribution in [1.82, 2.24) is 65.5 Å². The van der Waals surface area contributed by atoms with Gasteiger partial charge in [0.05, 0.1) is 12.6 Å². The Hall–Kier alpha value is -6.65. The number of hydrogen-bond donors (Lipinski definition) is 4. The number of likely N-dealkylation sites (N-methyl/N-ethyl adjacent to an activating group) is 7. The Labute approximate surface area is 558 Å². The zero-order chi connectivity index (χ0) is 72.0. The number of thioether (sulfide) groups is 1. The number of ether oxygens (including phenoxy) is 1. The van der Waals surface area contributed by atoms with E-state index in [1.165, 1.54) is 87.7 Å². The van der Waals surface area contributed by atoms with Gasteiger partial charge in [0, 0.05) is 55.5 Å². The lowest BCUT2D eigenvalue weighted by Crippen LogP contribution is -2.63. The van der Waals surface area contributed by atoms with Crippen LogP contribution in [0.25, 0.3) is 0 Å². The summed E-state index contributed by atoms with van der Waals surface area (Å²) >= 11 is 0.781. The number of nitrogens with zero attached hydrogens (tertiary/aromatic N) is 9. The lowest BCUT2D eigenvalue weighted by molar-refractivity contribution is -0.157. The van der Waals surface area contributed by atoms with Crippen LogP contribution < -0.4 is 21.3 Å². The predicted octanol–water partition coefficient (Wildman–Crippen LogP) is 4.66. The molecule has 1 aromatic rings. The molecule has 13 atom stereocenters. The maximum atomic E-state index is 15.5. The van der Waals surface area contributed by atoms with Gasteiger partial charge in [-0.15, -0.1) is 0 Å². The summed E-state index contributed by atoms with van der Waals surface area (Å²) in [5.74, 6) is -10.4. The maximum Gasteiger partial charge on any atom is 0.433 e. The molecule has 0 radical (unpaired) electrons. The lowest BCUT2D eigenvalue weighted by atomic mass is 9.93. The van der Waals surface area contributed by atoms with Crippen molar-refractivity contribution >= 4 is 76.7 Å². The number of carbonyl (C=O) groups excluding carboxylic acids is 11. The van der Waals surface area contributed by atoms with E-state index < -0.39 is 173 Å². The number of aromatic nitrogens is 2. The lowest BCUT2D eigenvalue weighted by Gasteiger charge is -2.41. The highest BCUT2D eigenvalue weighted by molar-refractivity contribution is 7.99. The van der Waals surface area contributed by atoms with Gasteiger partial charge in [0.1, 0.15) is 71.5 Å². The Morgan fingerprint density at radius 1 is 0.543 bits per heavy atom. The molecule has 0 aliphatic carbocycles. The summed E-state index contributed by atoms with van der Waals surface area (Å²) in [6.07, 6.45) is -4.50. The van der Waals surface area contributed by atoms with E-state index in [1.807, 2.05) is 55.4 Å². The second-order valence-electron chi connectivity index (χ2n) is 27.9. The Morgan fingerprint density at radius 3 is 1.50 bits per heavy atom. The monoisotopic (exact) mass is 1350 g/mol.